The number of hydrogen-bond acceptors (Lipinski definition) is 5. The highest BCUT2D eigenvalue weighted by molar-refractivity contribution is 8.26. The van der Waals surface area contributed by atoms with E-state index < -0.39 is 0 Å². The lowest BCUT2D eigenvalue weighted by Crippen LogP contribution is -2.30. The fourth-order valence-corrected chi connectivity index (χ4v) is 7.69. The van der Waals surface area contributed by atoms with Gasteiger partial charge in [0.2, 0.25) is 0 Å². The molecule has 5 heteroatoms. The summed E-state index contributed by atoms with van der Waals surface area (Å²) in [5.41, 5.74) is 0.908. The first-order valence-electron chi connectivity index (χ1n) is 10.3. The molecule has 2 aliphatic heterocycles. The summed E-state index contributed by atoms with van der Waals surface area (Å²) in [6, 6.07) is 0.758. The number of nitrogens with zero attached hydrogens (tertiary/aromatic N) is 2. The molecule has 0 amide bonds. The number of rotatable bonds is 2. The smallest absolute Gasteiger partial charge is 0.255 e. The summed E-state index contributed by atoms with van der Waals surface area (Å²) in [5, 5.41) is 1.62. The molecule has 4 fully saturated rings. The molecule has 4 nitrogen and oxygen atoms in total. The van der Waals surface area contributed by atoms with Crippen molar-refractivity contribution in [3.8, 4) is 0 Å². The van der Waals surface area contributed by atoms with Crippen LogP contribution in [0.15, 0.2) is 9.98 Å². The predicted octanol–water partition coefficient (Wildman–Crippen LogP) is 4.39. The maximum atomic E-state index is 5.96. The average Bonchev–Trinajstić information content (AvgIpc) is 3.44. The van der Waals surface area contributed by atoms with Crippen LogP contribution >= 0.6 is 11.8 Å². The summed E-state index contributed by atoms with van der Waals surface area (Å²) in [7, 11) is 0. The molecule has 2 unspecified atom stereocenters. The van der Waals surface area contributed by atoms with E-state index >= 15 is 0 Å². The zero-order valence-corrected chi connectivity index (χ0v) is 15.7. The molecule has 0 spiro atoms. The zero-order valence-electron chi connectivity index (χ0n) is 14.9. The molecule has 0 radical (unpaired) electrons. The second-order valence-corrected chi connectivity index (χ2v) is 10.5. The standard InChI is InChI=1S/C20H28N2O2S/c1-5-19(6-2-13(1)9-19)15-11-23-17(21-15)25-18-22-16(12-24-18)20-7-3-14(10-20)4-8-20/h13-16H,1-12H2. The van der Waals surface area contributed by atoms with Gasteiger partial charge in [0, 0.05) is 11.8 Å². The third-order valence-electron chi connectivity index (χ3n) is 8.43. The monoisotopic (exact) mass is 360 g/mol. The normalized spacial score (nSPS) is 50.1. The predicted molar refractivity (Wildman–Crippen MR) is 100.0 cm³/mol. The van der Waals surface area contributed by atoms with Gasteiger partial charge < -0.3 is 9.47 Å². The summed E-state index contributed by atoms with van der Waals surface area (Å²) in [4.78, 5) is 9.94. The van der Waals surface area contributed by atoms with Gasteiger partial charge in [0.1, 0.15) is 13.2 Å². The Hall–Kier alpha value is -0.710. The lowest BCUT2D eigenvalue weighted by Gasteiger charge is -2.29. The summed E-state index contributed by atoms with van der Waals surface area (Å²) in [6.45, 7) is 1.55. The minimum atomic E-state index is 0.379. The minimum absolute atomic E-state index is 0.379. The van der Waals surface area contributed by atoms with Crippen molar-refractivity contribution in [3.63, 3.8) is 0 Å². The summed E-state index contributed by atoms with van der Waals surface area (Å²) in [5.74, 6) is 1.94. The molecule has 6 aliphatic rings. The van der Waals surface area contributed by atoms with Gasteiger partial charge in [-0.15, -0.1) is 0 Å². The van der Waals surface area contributed by atoms with E-state index in [-0.39, 0.29) is 0 Å². The Morgan fingerprint density at radius 3 is 1.52 bits per heavy atom. The van der Waals surface area contributed by atoms with Gasteiger partial charge in [-0.1, -0.05) is 0 Å². The molecule has 0 saturated heterocycles. The Balaban J connectivity index is 1.14. The number of hydrogen-bond donors (Lipinski definition) is 0. The highest BCUT2D eigenvalue weighted by Crippen LogP contribution is 2.58. The van der Waals surface area contributed by atoms with Crippen LogP contribution in [0.3, 0.4) is 0 Å². The number of fused-ring (bicyclic) bond motifs is 4. The molecule has 25 heavy (non-hydrogen) atoms. The quantitative estimate of drug-likeness (QED) is 0.733. The Kier molecular flexibility index (Phi) is 3.32. The summed E-state index contributed by atoms with van der Waals surface area (Å²) in [6.07, 6.45) is 13.8. The minimum Gasteiger partial charge on any atom is -0.470 e. The molecule has 0 aromatic carbocycles. The van der Waals surface area contributed by atoms with Crippen LogP contribution in [-0.4, -0.2) is 35.8 Å². The molecule has 4 saturated carbocycles. The summed E-state index contributed by atoms with van der Waals surface area (Å²) < 4.78 is 11.9. The van der Waals surface area contributed by atoms with Crippen LogP contribution in [0.1, 0.15) is 64.2 Å². The van der Waals surface area contributed by atoms with Crippen molar-refractivity contribution >= 4 is 22.2 Å². The largest absolute Gasteiger partial charge is 0.470 e. The van der Waals surface area contributed by atoms with E-state index in [1.54, 1.807) is 11.8 Å². The Morgan fingerprint density at radius 1 is 0.720 bits per heavy atom. The van der Waals surface area contributed by atoms with Crippen LogP contribution in [0.25, 0.3) is 0 Å². The molecule has 6 rings (SSSR count). The van der Waals surface area contributed by atoms with Crippen LogP contribution in [-0.2, 0) is 9.47 Å². The lowest BCUT2D eigenvalue weighted by molar-refractivity contribution is 0.187. The fraction of sp³-hybridized carbons (Fsp3) is 0.900. The Morgan fingerprint density at radius 2 is 1.16 bits per heavy atom. The molecule has 0 N–H and O–H groups in total. The molecule has 0 aromatic heterocycles. The Labute approximate surface area is 154 Å². The highest BCUT2D eigenvalue weighted by Gasteiger charge is 2.53. The van der Waals surface area contributed by atoms with Gasteiger partial charge >= 0.3 is 0 Å². The second-order valence-electron chi connectivity index (χ2n) is 9.57. The van der Waals surface area contributed by atoms with Crippen LogP contribution in [0.5, 0.6) is 0 Å². The molecular formula is C20H28N2O2S. The zero-order chi connectivity index (χ0) is 16.5. The van der Waals surface area contributed by atoms with Gasteiger partial charge in [-0.25, -0.2) is 9.98 Å². The average molecular weight is 361 g/mol. The van der Waals surface area contributed by atoms with Crippen LogP contribution in [0.4, 0.5) is 0 Å². The number of aliphatic imine (C=N–C) groups is 2. The first-order valence-corrected chi connectivity index (χ1v) is 11.1. The first-order chi connectivity index (χ1) is 12.2. The van der Waals surface area contributed by atoms with Crippen molar-refractivity contribution in [3.05, 3.63) is 0 Å². The first kappa shape index (κ1) is 15.4. The van der Waals surface area contributed by atoms with Crippen LogP contribution in [0.2, 0.25) is 0 Å². The van der Waals surface area contributed by atoms with Gasteiger partial charge in [-0.05, 0) is 86.9 Å². The van der Waals surface area contributed by atoms with Gasteiger partial charge in [0.15, 0.2) is 0 Å². The van der Waals surface area contributed by atoms with Gasteiger partial charge in [0.25, 0.3) is 10.5 Å². The van der Waals surface area contributed by atoms with Crippen LogP contribution < -0.4 is 0 Å². The number of ether oxygens (including phenoxy) is 2. The van der Waals surface area contributed by atoms with Crippen LogP contribution in [0, 0.1) is 22.7 Å². The third-order valence-corrected chi connectivity index (χ3v) is 9.23. The van der Waals surface area contributed by atoms with Crippen molar-refractivity contribution in [2.45, 2.75) is 76.3 Å². The third kappa shape index (κ3) is 2.33. The molecular weight excluding hydrogens is 332 g/mol. The molecule has 136 valence electrons. The molecule has 4 aliphatic carbocycles. The van der Waals surface area contributed by atoms with E-state index in [2.05, 4.69) is 0 Å². The Bertz CT molecular complexity index is 576. The topological polar surface area (TPSA) is 43.2 Å². The van der Waals surface area contributed by atoms with E-state index in [9.17, 15) is 0 Å². The van der Waals surface area contributed by atoms with Gasteiger partial charge in [-0.3, -0.25) is 0 Å². The number of thioether (sulfide) groups is 1. The van der Waals surface area contributed by atoms with Crippen molar-refractivity contribution in [1.82, 2.24) is 0 Å². The maximum absolute atomic E-state index is 5.96. The van der Waals surface area contributed by atoms with Gasteiger partial charge in [0.05, 0.1) is 12.1 Å². The molecule has 2 heterocycles. The molecule has 4 bridgehead atoms. The van der Waals surface area contributed by atoms with E-state index in [0.717, 1.165) is 35.5 Å². The maximum Gasteiger partial charge on any atom is 0.255 e. The van der Waals surface area contributed by atoms with Crippen molar-refractivity contribution in [1.29, 1.82) is 0 Å². The summed E-state index contributed by atoms with van der Waals surface area (Å²) >= 11 is 1.54. The lowest BCUT2D eigenvalue weighted by atomic mass is 9.78. The van der Waals surface area contributed by atoms with Crippen molar-refractivity contribution < 1.29 is 9.47 Å². The molecule has 0 aromatic rings. The van der Waals surface area contributed by atoms with Gasteiger partial charge in [-0.2, -0.15) is 0 Å². The van der Waals surface area contributed by atoms with E-state index in [0.29, 0.717) is 22.9 Å². The van der Waals surface area contributed by atoms with Crippen molar-refractivity contribution in [2.24, 2.45) is 32.7 Å². The SMILES string of the molecule is C1CC2(C3COC(SC4=NC(C56CCC(CC5)C6)CO4)=N3)CCC1C2. The molecule has 2 atom stereocenters. The van der Waals surface area contributed by atoms with Crippen molar-refractivity contribution in [2.75, 3.05) is 13.2 Å². The second kappa shape index (κ2) is 5.40. The van der Waals surface area contributed by atoms with E-state index in [1.807, 2.05) is 0 Å². The fourth-order valence-electron chi connectivity index (χ4n) is 6.93. The van der Waals surface area contributed by atoms with E-state index in [4.69, 9.17) is 19.5 Å². The van der Waals surface area contributed by atoms with E-state index in [1.165, 1.54) is 64.2 Å². The highest BCUT2D eigenvalue weighted by atomic mass is 32.2.